The second-order valence-electron chi connectivity index (χ2n) is 2.61. The lowest BCUT2D eigenvalue weighted by Gasteiger charge is -1.98. The van der Waals surface area contributed by atoms with Gasteiger partial charge in [-0.3, -0.25) is 0 Å². The van der Waals surface area contributed by atoms with Crippen molar-refractivity contribution in [2.45, 2.75) is 0 Å². The zero-order chi connectivity index (χ0) is 10.8. The molecule has 2 heterocycles. The Labute approximate surface area is 100.0 Å². The zero-order valence-corrected chi connectivity index (χ0v) is 9.90. The van der Waals surface area contributed by atoms with E-state index in [4.69, 9.17) is 27.9 Å². The van der Waals surface area contributed by atoms with Gasteiger partial charge >= 0.3 is 0 Å². The third kappa shape index (κ3) is 2.19. The molecule has 2 aromatic heterocycles. The molecule has 0 atom stereocenters. The Morgan fingerprint density at radius 3 is 2.73 bits per heavy atom. The lowest BCUT2D eigenvalue weighted by atomic mass is 10.2. The van der Waals surface area contributed by atoms with Crippen molar-refractivity contribution in [3.8, 4) is 16.3 Å². The van der Waals surface area contributed by atoms with Gasteiger partial charge in [-0.15, -0.1) is 10.2 Å². The lowest BCUT2D eigenvalue weighted by Crippen LogP contribution is -1.86. The first kappa shape index (κ1) is 10.6. The lowest BCUT2D eigenvalue weighted by molar-refractivity contribution is 0.403. The van der Waals surface area contributed by atoms with Crippen molar-refractivity contribution in [2.75, 3.05) is 7.11 Å². The fourth-order valence-electron chi connectivity index (χ4n) is 1.01. The van der Waals surface area contributed by atoms with Crippen LogP contribution >= 0.6 is 34.7 Å². The van der Waals surface area contributed by atoms with Gasteiger partial charge in [0.25, 0.3) is 0 Å². The van der Waals surface area contributed by atoms with Crippen molar-refractivity contribution in [1.82, 2.24) is 14.6 Å². The molecule has 15 heavy (non-hydrogen) atoms. The summed E-state index contributed by atoms with van der Waals surface area (Å²) in [4.78, 5) is 0.841. The SMILES string of the molecule is COc1cc(-c2cc(Cl)nnc2Cl)sn1. The molecular formula is C8H5Cl2N3OS. The maximum Gasteiger partial charge on any atom is 0.225 e. The van der Waals surface area contributed by atoms with Crippen LogP contribution in [0.15, 0.2) is 12.1 Å². The highest BCUT2D eigenvalue weighted by Gasteiger charge is 2.10. The van der Waals surface area contributed by atoms with Crippen LogP contribution in [0.4, 0.5) is 0 Å². The number of halogens is 2. The Morgan fingerprint density at radius 1 is 1.27 bits per heavy atom. The van der Waals surface area contributed by atoms with Gasteiger partial charge in [0.15, 0.2) is 10.3 Å². The van der Waals surface area contributed by atoms with Crippen molar-refractivity contribution in [3.05, 3.63) is 22.4 Å². The van der Waals surface area contributed by atoms with Crippen LogP contribution < -0.4 is 4.74 Å². The van der Waals surface area contributed by atoms with Crippen LogP contribution in [0.2, 0.25) is 10.3 Å². The van der Waals surface area contributed by atoms with Gasteiger partial charge in [0.05, 0.1) is 12.0 Å². The zero-order valence-electron chi connectivity index (χ0n) is 7.57. The summed E-state index contributed by atoms with van der Waals surface area (Å²) in [5.74, 6) is 0.541. The van der Waals surface area contributed by atoms with Gasteiger partial charge in [-0.05, 0) is 17.6 Å². The molecule has 0 fully saturated rings. The van der Waals surface area contributed by atoms with Crippen LogP contribution in [0.1, 0.15) is 0 Å². The van der Waals surface area contributed by atoms with Gasteiger partial charge in [-0.2, -0.15) is 4.37 Å². The van der Waals surface area contributed by atoms with E-state index in [0.717, 1.165) is 4.88 Å². The normalized spacial score (nSPS) is 10.3. The van der Waals surface area contributed by atoms with Crippen LogP contribution in [0.25, 0.3) is 10.4 Å². The predicted octanol–water partition coefficient (Wildman–Crippen LogP) is 2.92. The second-order valence-corrected chi connectivity index (χ2v) is 4.16. The molecule has 2 rings (SSSR count). The monoisotopic (exact) mass is 261 g/mol. The fourth-order valence-corrected chi connectivity index (χ4v) is 2.13. The molecule has 0 radical (unpaired) electrons. The van der Waals surface area contributed by atoms with Crippen LogP contribution in [0, 0.1) is 0 Å². The number of aromatic nitrogens is 3. The van der Waals surface area contributed by atoms with Gasteiger partial charge < -0.3 is 4.74 Å². The Hall–Kier alpha value is -0.910. The first-order chi connectivity index (χ1) is 7.20. The molecule has 0 amide bonds. The van der Waals surface area contributed by atoms with Crippen molar-refractivity contribution >= 4 is 34.7 Å². The minimum atomic E-state index is 0.293. The molecular weight excluding hydrogens is 257 g/mol. The third-order valence-corrected chi connectivity index (χ3v) is 2.95. The van der Waals surface area contributed by atoms with E-state index < -0.39 is 0 Å². The highest BCUT2D eigenvalue weighted by atomic mass is 35.5. The minimum Gasteiger partial charge on any atom is -0.480 e. The van der Waals surface area contributed by atoms with Gasteiger partial charge in [0, 0.05) is 11.6 Å². The Kier molecular flexibility index (Phi) is 3.04. The van der Waals surface area contributed by atoms with E-state index in [9.17, 15) is 0 Å². The van der Waals surface area contributed by atoms with Gasteiger partial charge in [-0.25, -0.2) is 0 Å². The second kappa shape index (κ2) is 4.30. The number of rotatable bonds is 2. The van der Waals surface area contributed by atoms with E-state index in [0.29, 0.717) is 21.7 Å². The van der Waals surface area contributed by atoms with Gasteiger partial charge in [0.2, 0.25) is 5.88 Å². The summed E-state index contributed by atoms with van der Waals surface area (Å²) in [6.07, 6.45) is 0. The van der Waals surface area contributed by atoms with E-state index in [1.165, 1.54) is 11.5 Å². The van der Waals surface area contributed by atoms with Crippen LogP contribution in [0.3, 0.4) is 0 Å². The molecule has 0 saturated heterocycles. The standard InChI is InChI=1S/C8H5Cl2N3OS/c1-14-7-3-5(15-13-7)4-2-6(9)11-12-8(4)10/h2-3H,1H3. The quantitative estimate of drug-likeness (QED) is 0.834. The summed E-state index contributed by atoms with van der Waals surface area (Å²) in [7, 11) is 1.55. The smallest absolute Gasteiger partial charge is 0.225 e. The molecule has 0 saturated carbocycles. The van der Waals surface area contributed by atoms with Crippen LogP contribution in [-0.4, -0.2) is 21.7 Å². The number of nitrogens with zero attached hydrogens (tertiary/aromatic N) is 3. The molecule has 4 nitrogen and oxygen atoms in total. The average molecular weight is 262 g/mol. The van der Waals surface area contributed by atoms with Crippen LogP contribution in [-0.2, 0) is 0 Å². The highest BCUT2D eigenvalue weighted by Crippen LogP contribution is 2.32. The molecule has 0 aliphatic rings. The molecule has 0 bridgehead atoms. The summed E-state index contributed by atoms with van der Waals surface area (Å²) < 4.78 is 9.03. The van der Waals surface area contributed by atoms with E-state index in [2.05, 4.69) is 14.6 Å². The summed E-state index contributed by atoms with van der Waals surface area (Å²) in [6, 6.07) is 3.41. The number of methoxy groups -OCH3 is 1. The average Bonchev–Trinajstić information content (AvgIpc) is 2.70. The first-order valence-electron chi connectivity index (χ1n) is 3.90. The number of hydrogen-bond donors (Lipinski definition) is 0. The molecule has 0 unspecified atom stereocenters. The Balaban J connectivity index is 2.48. The summed E-state index contributed by atoms with van der Waals surface area (Å²) >= 11 is 12.9. The maximum absolute atomic E-state index is 5.89. The van der Waals surface area contributed by atoms with E-state index in [-0.39, 0.29) is 0 Å². The molecule has 2 aromatic rings. The molecule has 0 N–H and O–H groups in total. The minimum absolute atomic E-state index is 0.293. The molecule has 0 aliphatic carbocycles. The molecule has 78 valence electrons. The predicted molar refractivity (Wildman–Crippen MR) is 59.7 cm³/mol. The van der Waals surface area contributed by atoms with Crippen molar-refractivity contribution < 1.29 is 4.74 Å². The maximum atomic E-state index is 5.89. The van der Waals surface area contributed by atoms with Gasteiger partial charge in [0.1, 0.15) is 0 Å². The summed E-state index contributed by atoms with van der Waals surface area (Å²) in [5.41, 5.74) is 0.706. The Bertz CT molecular complexity index is 488. The number of hydrogen-bond acceptors (Lipinski definition) is 5. The summed E-state index contributed by atoms with van der Waals surface area (Å²) in [5, 5.41) is 7.93. The molecule has 0 aliphatic heterocycles. The molecule has 0 aromatic carbocycles. The molecule has 7 heteroatoms. The largest absolute Gasteiger partial charge is 0.480 e. The van der Waals surface area contributed by atoms with Crippen LogP contribution in [0.5, 0.6) is 5.88 Å². The highest BCUT2D eigenvalue weighted by molar-refractivity contribution is 7.09. The van der Waals surface area contributed by atoms with Gasteiger partial charge in [-0.1, -0.05) is 23.2 Å². The molecule has 0 spiro atoms. The van der Waals surface area contributed by atoms with E-state index >= 15 is 0 Å². The topological polar surface area (TPSA) is 47.9 Å². The Morgan fingerprint density at radius 2 is 2.07 bits per heavy atom. The fraction of sp³-hybridized carbons (Fsp3) is 0.125. The number of ether oxygens (including phenoxy) is 1. The first-order valence-corrected chi connectivity index (χ1v) is 5.43. The van der Waals surface area contributed by atoms with E-state index in [1.54, 1.807) is 19.2 Å². The van der Waals surface area contributed by atoms with Crippen molar-refractivity contribution in [2.24, 2.45) is 0 Å². The van der Waals surface area contributed by atoms with Crippen molar-refractivity contribution in [1.29, 1.82) is 0 Å². The third-order valence-electron chi connectivity index (χ3n) is 1.68. The van der Waals surface area contributed by atoms with E-state index in [1.807, 2.05) is 0 Å². The summed E-state index contributed by atoms with van der Waals surface area (Å²) in [6.45, 7) is 0. The van der Waals surface area contributed by atoms with Crippen molar-refractivity contribution in [3.63, 3.8) is 0 Å².